The Morgan fingerprint density at radius 1 is 1.59 bits per heavy atom. The molecule has 0 saturated carbocycles. The van der Waals surface area contributed by atoms with Crippen LogP contribution < -0.4 is 0 Å². The van der Waals surface area contributed by atoms with Crippen LogP contribution in [0.25, 0.3) is 0 Å². The minimum atomic E-state index is -0.180. The van der Waals surface area contributed by atoms with Crippen LogP contribution in [-0.2, 0) is 16.1 Å². The summed E-state index contributed by atoms with van der Waals surface area (Å²) in [6.07, 6.45) is 1.77. The second-order valence-corrected chi connectivity index (χ2v) is 5.00. The Hall–Kier alpha value is -0.940. The molecule has 1 aromatic heterocycles. The van der Waals surface area contributed by atoms with Crippen LogP contribution in [0.5, 0.6) is 0 Å². The molecule has 0 radical (unpaired) electrons. The van der Waals surface area contributed by atoms with Gasteiger partial charge in [-0.2, -0.15) is 0 Å². The summed E-state index contributed by atoms with van der Waals surface area (Å²) in [5.41, 5.74) is 0.979. The Morgan fingerprint density at radius 3 is 2.82 bits per heavy atom. The molecule has 0 amide bonds. The molecule has 5 heteroatoms. The van der Waals surface area contributed by atoms with Crippen molar-refractivity contribution in [1.29, 1.82) is 0 Å². The Morgan fingerprint density at radius 2 is 2.29 bits per heavy atom. The van der Waals surface area contributed by atoms with Crippen LogP contribution in [0.1, 0.15) is 12.6 Å². The van der Waals surface area contributed by atoms with E-state index in [1.807, 2.05) is 26.1 Å². The highest BCUT2D eigenvalue weighted by molar-refractivity contribution is 9.10. The molecule has 1 heterocycles. The van der Waals surface area contributed by atoms with Gasteiger partial charge in [0.1, 0.15) is 0 Å². The van der Waals surface area contributed by atoms with Gasteiger partial charge in [-0.05, 0) is 35.1 Å². The fraction of sp³-hybridized carbons (Fsp3) is 0.500. The highest BCUT2D eigenvalue weighted by Crippen LogP contribution is 2.09. The number of hydrogen-bond donors (Lipinski definition) is 0. The molecular weight excluding hydrogens is 284 g/mol. The number of carbonyl (C=O) groups excluding carboxylic acids is 1. The molecular formula is C12H17BrN2O2. The van der Waals surface area contributed by atoms with Crippen molar-refractivity contribution < 1.29 is 9.53 Å². The van der Waals surface area contributed by atoms with E-state index in [0.717, 1.165) is 10.2 Å². The van der Waals surface area contributed by atoms with Gasteiger partial charge in [0, 0.05) is 23.8 Å². The van der Waals surface area contributed by atoms with Crippen LogP contribution >= 0.6 is 15.9 Å². The lowest BCUT2D eigenvalue weighted by atomic mass is 10.1. The molecule has 0 aliphatic rings. The predicted molar refractivity (Wildman–Crippen MR) is 69.5 cm³/mol. The first-order valence-electron chi connectivity index (χ1n) is 5.39. The second-order valence-electron chi connectivity index (χ2n) is 4.09. The van der Waals surface area contributed by atoms with Gasteiger partial charge in [-0.25, -0.2) is 0 Å². The van der Waals surface area contributed by atoms with E-state index < -0.39 is 0 Å². The molecule has 4 nitrogen and oxygen atoms in total. The number of methoxy groups -OCH3 is 1. The van der Waals surface area contributed by atoms with E-state index in [1.54, 1.807) is 6.20 Å². The van der Waals surface area contributed by atoms with Crippen molar-refractivity contribution in [3.05, 3.63) is 28.5 Å². The largest absolute Gasteiger partial charge is 0.469 e. The van der Waals surface area contributed by atoms with Crippen LogP contribution in [0.2, 0.25) is 0 Å². The van der Waals surface area contributed by atoms with Gasteiger partial charge < -0.3 is 4.74 Å². The number of carbonyl (C=O) groups is 1. The first kappa shape index (κ1) is 14.1. The summed E-state index contributed by atoms with van der Waals surface area (Å²) < 4.78 is 5.66. The summed E-state index contributed by atoms with van der Waals surface area (Å²) >= 11 is 3.34. The Bertz CT molecular complexity index is 367. The summed E-state index contributed by atoms with van der Waals surface area (Å²) in [5.74, 6) is -0.305. The number of rotatable bonds is 5. The highest BCUT2D eigenvalue weighted by atomic mass is 79.9. The Labute approximate surface area is 110 Å². The van der Waals surface area contributed by atoms with E-state index in [0.29, 0.717) is 13.1 Å². The van der Waals surface area contributed by atoms with Crippen molar-refractivity contribution in [2.24, 2.45) is 5.92 Å². The first-order chi connectivity index (χ1) is 8.02. The standard InChI is InChI=1S/C12H17BrN2O2/c1-9(12(16)17-3)7-15(2)8-11-5-4-10(13)6-14-11/h4-6,9H,7-8H2,1-3H3. The van der Waals surface area contributed by atoms with E-state index >= 15 is 0 Å². The lowest BCUT2D eigenvalue weighted by Crippen LogP contribution is -2.29. The molecule has 1 rings (SSSR count). The monoisotopic (exact) mass is 300 g/mol. The van der Waals surface area contributed by atoms with Gasteiger partial charge in [0.05, 0.1) is 18.7 Å². The number of esters is 1. The van der Waals surface area contributed by atoms with Gasteiger partial charge in [-0.15, -0.1) is 0 Å². The number of nitrogens with zero attached hydrogens (tertiary/aromatic N) is 2. The highest BCUT2D eigenvalue weighted by Gasteiger charge is 2.15. The summed E-state index contributed by atoms with van der Waals surface area (Å²) in [7, 11) is 3.37. The van der Waals surface area contributed by atoms with Crippen LogP contribution in [0.4, 0.5) is 0 Å². The number of hydrogen-bond acceptors (Lipinski definition) is 4. The quantitative estimate of drug-likeness (QED) is 0.781. The van der Waals surface area contributed by atoms with E-state index in [1.165, 1.54) is 7.11 Å². The molecule has 0 saturated heterocycles. The van der Waals surface area contributed by atoms with Gasteiger partial charge in [-0.1, -0.05) is 6.92 Å². The van der Waals surface area contributed by atoms with Crippen molar-refractivity contribution in [1.82, 2.24) is 9.88 Å². The van der Waals surface area contributed by atoms with Gasteiger partial charge >= 0.3 is 5.97 Å². The number of ether oxygens (including phenoxy) is 1. The first-order valence-corrected chi connectivity index (χ1v) is 6.19. The van der Waals surface area contributed by atoms with Crippen LogP contribution in [0.15, 0.2) is 22.8 Å². The van der Waals surface area contributed by atoms with Crippen LogP contribution in [0.3, 0.4) is 0 Å². The molecule has 0 spiro atoms. The molecule has 17 heavy (non-hydrogen) atoms. The Balaban J connectivity index is 2.46. The number of halogens is 1. The second kappa shape index (κ2) is 6.71. The molecule has 94 valence electrons. The maximum Gasteiger partial charge on any atom is 0.309 e. The molecule has 1 unspecified atom stereocenters. The normalized spacial score (nSPS) is 12.5. The lowest BCUT2D eigenvalue weighted by molar-refractivity contribution is -0.145. The summed E-state index contributed by atoms with van der Waals surface area (Å²) in [5, 5.41) is 0. The van der Waals surface area contributed by atoms with Crippen molar-refractivity contribution in [2.45, 2.75) is 13.5 Å². The SMILES string of the molecule is COC(=O)C(C)CN(C)Cc1ccc(Br)cn1. The third-order valence-corrected chi connectivity index (χ3v) is 2.88. The molecule has 0 aliphatic heterocycles. The fourth-order valence-electron chi connectivity index (χ4n) is 1.58. The third-order valence-electron chi connectivity index (χ3n) is 2.41. The lowest BCUT2D eigenvalue weighted by Gasteiger charge is -2.19. The average molecular weight is 301 g/mol. The molecule has 1 aromatic rings. The molecule has 0 N–H and O–H groups in total. The van der Waals surface area contributed by atoms with Crippen molar-refractivity contribution in [2.75, 3.05) is 20.7 Å². The summed E-state index contributed by atoms with van der Waals surface area (Å²) in [6.45, 7) is 3.23. The molecule has 0 aliphatic carbocycles. The van der Waals surface area contributed by atoms with Crippen LogP contribution in [-0.4, -0.2) is 36.6 Å². The number of pyridine rings is 1. The maximum absolute atomic E-state index is 11.3. The van der Waals surface area contributed by atoms with Gasteiger partial charge in [0.15, 0.2) is 0 Å². The van der Waals surface area contributed by atoms with Crippen molar-refractivity contribution in [3.8, 4) is 0 Å². The van der Waals surface area contributed by atoms with Gasteiger partial charge in [-0.3, -0.25) is 14.7 Å². The van der Waals surface area contributed by atoms with Crippen molar-refractivity contribution >= 4 is 21.9 Å². The van der Waals surface area contributed by atoms with Gasteiger partial charge in [0.2, 0.25) is 0 Å². The van der Waals surface area contributed by atoms with E-state index in [2.05, 4.69) is 25.8 Å². The maximum atomic E-state index is 11.3. The minimum absolute atomic E-state index is 0.125. The number of aromatic nitrogens is 1. The zero-order chi connectivity index (χ0) is 12.8. The van der Waals surface area contributed by atoms with Gasteiger partial charge in [0.25, 0.3) is 0 Å². The summed E-state index contributed by atoms with van der Waals surface area (Å²) in [6, 6.07) is 3.92. The van der Waals surface area contributed by atoms with E-state index in [4.69, 9.17) is 4.74 Å². The summed E-state index contributed by atoms with van der Waals surface area (Å²) in [4.78, 5) is 17.6. The Kier molecular flexibility index (Phi) is 5.58. The molecule has 0 fully saturated rings. The molecule has 1 atom stereocenters. The minimum Gasteiger partial charge on any atom is -0.469 e. The average Bonchev–Trinajstić information content (AvgIpc) is 2.30. The predicted octanol–water partition coefficient (Wildman–Crippen LogP) is 2.08. The smallest absolute Gasteiger partial charge is 0.309 e. The molecule has 0 bridgehead atoms. The fourth-order valence-corrected chi connectivity index (χ4v) is 1.82. The van der Waals surface area contributed by atoms with Crippen LogP contribution in [0, 0.1) is 5.92 Å². The van der Waals surface area contributed by atoms with Crippen molar-refractivity contribution in [3.63, 3.8) is 0 Å². The van der Waals surface area contributed by atoms with E-state index in [-0.39, 0.29) is 11.9 Å². The molecule has 0 aromatic carbocycles. The topological polar surface area (TPSA) is 42.4 Å². The zero-order valence-corrected chi connectivity index (χ0v) is 11.9. The third kappa shape index (κ3) is 4.83. The van der Waals surface area contributed by atoms with E-state index in [9.17, 15) is 4.79 Å². The zero-order valence-electron chi connectivity index (χ0n) is 10.3.